The minimum atomic E-state index is -3.73. The Morgan fingerprint density at radius 1 is 1.33 bits per heavy atom. The lowest BCUT2D eigenvalue weighted by atomic mass is 10.2. The van der Waals surface area contributed by atoms with Crippen LogP contribution in [0, 0.1) is 6.92 Å². The molecular formula is C15H24N2O3S. The number of amides is 1. The average Bonchev–Trinajstić information content (AvgIpc) is 2.45. The average molecular weight is 312 g/mol. The Labute approximate surface area is 126 Å². The molecule has 1 aromatic rings. The molecule has 1 rings (SSSR count). The summed E-state index contributed by atoms with van der Waals surface area (Å²) in [5, 5.41) is 1.55. The molecule has 0 aliphatic rings. The maximum absolute atomic E-state index is 12.5. The molecule has 1 atom stereocenters. The summed E-state index contributed by atoms with van der Waals surface area (Å²) in [6.45, 7) is 5.63. The van der Waals surface area contributed by atoms with E-state index in [0.717, 1.165) is 19.3 Å². The standard InChI is InChI=1S/C15H24N2O3S/c1-4-5-6-10-17-15(18)12(3)21(19,20)14-9-7-8-13(16)11(14)2/h7-9,12H,4-6,10,16H2,1-3H3,(H,17,18). The summed E-state index contributed by atoms with van der Waals surface area (Å²) < 4.78 is 25.0. The summed E-state index contributed by atoms with van der Waals surface area (Å²) >= 11 is 0. The maximum Gasteiger partial charge on any atom is 0.238 e. The molecule has 0 radical (unpaired) electrons. The molecule has 0 spiro atoms. The summed E-state index contributed by atoms with van der Waals surface area (Å²) in [5.74, 6) is -0.465. The van der Waals surface area contributed by atoms with E-state index >= 15 is 0 Å². The Balaban J connectivity index is 2.87. The van der Waals surface area contributed by atoms with E-state index in [-0.39, 0.29) is 4.90 Å². The molecule has 1 unspecified atom stereocenters. The van der Waals surface area contributed by atoms with Gasteiger partial charge in [0.25, 0.3) is 0 Å². The van der Waals surface area contributed by atoms with Gasteiger partial charge in [-0.25, -0.2) is 8.42 Å². The quantitative estimate of drug-likeness (QED) is 0.595. The van der Waals surface area contributed by atoms with Gasteiger partial charge in [0, 0.05) is 12.2 Å². The maximum atomic E-state index is 12.5. The Hall–Kier alpha value is -1.56. The minimum Gasteiger partial charge on any atom is -0.398 e. The van der Waals surface area contributed by atoms with Crippen molar-refractivity contribution in [2.45, 2.75) is 50.2 Å². The van der Waals surface area contributed by atoms with E-state index in [2.05, 4.69) is 12.2 Å². The number of anilines is 1. The molecule has 5 nitrogen and oxygen atoms in total. The molecule has 118 valence electrons. The molecule has 21 heavy (non-hydrogen) atoms. The molecule has 0 fully saturated rings. The van der Waals surface area contributed by atoms with Gasteiger partial charge in [-0.3, -0.25) is 4.79 Å². The number of nitrogen functional groups attached to an aromatic ring is 1. The fourth-order valence-electron chi connectivity index (χ4n) is 2.00. The molecule has 6 heteroatoms. The van der Waals surface area contributed by atoms with Crippen LogP contribution in [-0.2, 0) is 14.6 Å². The zero-order valence-corrected chi connectivity index (χ0v) is 13.7. The van der Waals surface area contributed by atoms with Crippen molar-refractivity contribution in [3.05, 3.63) is 23.8 Å². The Morgan fingerprint density at radius 3 is 2.62 bits per heavy atom. The molecule has 1 amide bonds. The summed E-state index contributed by atoms with van der Waals surface area (Å²) in [6.07, 6.45) is 2.91. The second-order valence-corrected chi connectivity index (χ2v) is 7.39. The van der Waals surface area contributed by atoms with Crippen LogP contribution in [0.25, 0.3) is 0 Å². The van der Waals surface area contributed by atoms with Crippen molar-refractivity contribution < 1.29 is 13.2 Å². The Bertz CT molecular complexity index is 597. The van der Waals surface area contributed by atoms with Crippen molar-refractivity contribution in [3.8, 4) is 0 Å². The predicted octanol–water partition coefficient (Wildman–Crippen LogP) is 2.05. The number of hydrogen-bond donors (Lipinski definition) is 2. The zero-order chi connectivity index (χ0) is 16.0. The van der Waals surface area contributed by atoms with Gasteiger partial charge in [-0.1, -0.05) is 25.8 Å². The SMILES string of the molecule is CCCCCNC(=O)C(C)S(=O)(=O)c1cccc(N)c1C. The lowest BCUT2D eigenvalue weighted by Gasteiger charge is -2.15. The lowest BCUT2D eigenvalue weighted by molar-refractivity contribution is -0.120. The van der Waals surface area contributed by atoms with Crippen molar-refractivity contribution in [2.75, 3.05) is 12.3 Å². The highest BCUT2D eigenvalue weighted by Crippen LogP contribution is 2.24. The fraction of sp³-hybridized carbons (Fsp3) is 0.533. The third-order valence-electron chi connectivity index (χ3n) is 3.55. The lowest BCUT2D eigenvalue weighted by Crippen LogP contribution is -2.38. The number of nitrogens with two attached hydrogens (primary N) is 1. The minimum absolute atomic E-state index is 0.124. The van der Waals surface area contributed by atoms with Crippen LogP contribution < -0.4 is 11.1 Å². The first-order valence-corrected chi connectivity index (χ1v) is 8.73. The topological polar surface area (TPSA) is 89.3 Å². The first kappa shape index (κ1) is 17.5. The summed E-state index contributed by atoms with van der Waals surface area (Å²) in [4.78, 5) is 12.1. The number of hydrogen-bond acceptors (Lipinski definition) is 4. The van der Waals surface area contributed by atoms with E-state index in [0.29, 0.717) is 17.8 Å². The Kier molecular flexibility index (Phi) is 6.20. The highest BCUT2D eigenvalue weighted by atomic mass is 32.2. The molecule has 0 aliphatic carbocycles. The first-order valence-electron chi connectivity index (χ1n) is 7.19. The van der Waals surface area contributed by atoms with Crippen LogP contribution in [0.15, 0.2) is 23.1 Å². The van der Waals surface area contributed by atoms with Crippen molar-refractivity contribution in [2.24, 2.45) is 0 Å². The number of benzene rings is 1. The van der Waals surface area contributed by atoms with Crippen molar-refractivity contribution in [1.82, 2.24) is 5.32 Å². The normalized spacial score (nSPS) is 12.9. The number of carbonyl (C=O) groups excluding carboxylic acids is 1. The van der Waals surface area contributed by atoms with Gasteiger partial charge in [0.05, 0.1) is 4.90 Å². The van der Waals surface area contributed by atoms with Gasteiger partial charge < -0.3 is 11.1 Å². The number of nitrogens with one attached hydrogen (secondary N) is 1. The second-order valence-electron chi connectivity index (χ2n) is 5.16. The molecule has 0 saturated heterocycles. The van der Waals surface area contributed by atoms with Gasteiger partial charge in [-0.2, -0.15) is 0 Å². The van der Waals surface area contributed by atoms with Crippen LogP contribution in [0.2, 0.25) is 0 Å². The van der Waals surface area contributed by atoms with Gasteiger partial charge in [-0.15, -0.1) is 0 Å². The van der Waals surface area contributed by atoms with Crippen molar-refractivity contribution in [3.63, 3.8) is 0 Å². The highest BCUT2D eigenvalue weighted by Gasteiger charge is 2.31. The van der Waals surface area contributed by atoms with E-state index in [1.807, 2.05) is 0 Å². The molecule has 0 aliphatic heterocycles. The van der Waals surface area contributed by atoms with Gasteiger partial charge >= 0.3 is 0 Å². The van der Waals surface area contributed by atoms with Gasteiger partial charge in [0.1, 0.15) is 5.25 Å². The number of unbranched alkanes of at least 4 members (excludes halogenated alkanes) is 2. The number of rotatable bonds is 7. The Morgan fingerprint density at radius 2 is 2.00 bits per heavy atom. The molecule has 1 aromatic carbocycles. The van der Waals surface area contributed by atoms with Gasteiger partial charge in [-0.05, 0) is 38.0 Å². The van der Waals surface area contributed by atoms with Gasteiger partial charge in [0.2, 0.25) is 5.91 Å². The van der Waals surface area contributed by atoms with E-state index in [1.165, 1.54) is 13.0 Å². The van der Waals surface area contributed by atoms with Crippen molar-refractivity contribution in [1.29, 1.82) is 0 Å². The molecule has 0 heterocycles. The first-order chi connectivity index (χ1) is 9.82. The smallest absolute Gasteiger partial charge is 0.238 e. The molecule has 0 bridgehead atoms. The monoisotopic (exact) mass is 312 g/mol. The third-order valence-corrected chi connectivity index (χ3v) is 5.75. The molecule has 0 saturated carbocycles. The van der Waals surface area contributed by atoms with Gasteiger partial charge in [0.15, 0.2) is 9.84 Å². The summed E-state index contributed by atoms with van der Waals surface area (Å²) in [5.41, 5.74) is 6.64. The van der Waals surface area contributed by atoms with Crippen molar-refractivity contribution >= 4 is 21.4 Å². The third kappa shape index (κ3) is 4.20. The zero-order valence-electron chi connectivity index (χ0n) is 12.8. The highest BCUT2D eigenvalue weighted by molar-refractivity contribution is 7.92. The summed E-state index contributed by atoms with van der Waals surface area (Å²) in [6, 6.07) is 4.72. The van der Waals surface area contributed by atoms with Crippen LogP contribution in [-0.4, -0.2) is 26.1 Å². The number of carbonyl (C=O) groups is 1. The van der Waals surface area contributed by atoms with Crippen LogP contribution in [0.5, 0.6) is 0 Å². The van der Waals surface area contributed by atoms with Crippen LogP contribution in [0.3, 0.4) is 0 Å². The van der Waals surface area contributed by atoms with E-state index < -0.39 is 21.0 Å². The van der Waals surface area contributed by atoms with Crippen LogP contribution >= 0.6 is 0 Å². The van der Waals surface area contributed by atoms with E-state index in [4.69, 9.17) is 5.73 Å². The summed E-state index contributed by atoms with van der Waals surface area (Å²) in [7, 11) is -3.73. The fourth-order valence-corrected chi connectivity index (χ4v) is 3.56. The predicted molar refractivity (Wildman–Crippen MR) is 84.8 cm³/mol. The van der Waals surface area contributed by atoms with Crippen LogP contribution in [0.1, 0.15) is 38.7 Å². The molecular weight excluding hydrogens is 288 g/mol. The molecule has 3 N–H and O–H groups in total. The molecule has 0 aromatic heterocycles. The largest absolute Gasteiger partial charge is 0.398 e. The van der Waals surface area contributed by atoms with E-state index in [1.54, 1.807) is 19.1 Å². The van der Waals surface area contributed by atoms with Crippen LogP contribution in [0.4, 0.5) is 5.69 Å². The number of sulfone groups is 1. The van der Waals surface area contributed by atoms with E-state index in [9.17, 15) is 13.2 Å². The second kappa shape index (κ2) is 7.45.